The molecule has 0 amide bonds. The lowest BCUT2D eigenvalue weighted by Crippen LogP contribution is -2.16. The van der Waals surface area contributed by atoms with Crippen LogP contribution >= 0.6 is 23.1 Å². The third-order valence-corrected chi connectivity index (χ3v) is 4.09. The monoisotopic (exact) mass is 272 g/mol. The van der Waals surface area contributed by atoms with Gasteiger partial charge in [-0.2, -0.15) is 11.8 Å². The van der Waals surface area contributed by atoms with Gasteiger partial charge in [0.2, 0.25) is 0 Å². The summed E-state index contributed by atoms with van der Waals surface area (Å²) < 4.78 is 0. The Kier molecular flexibility index (Phi) is 6.52. The van der Waals surface area contributed by atoms with Crippen LogP contribution in [0.2, 0.25) is 0 Å². The first-order chi connectivity index (χ1) is 8.04. The normalized spacial score (nSPS) is 12.0. The topological polar surface area (TPSA) is 24.9 Å². The van der Waals surface area contributed by atoms with E-state index in [4.69, 9.17) is 0 Å². The molecular weight excluding hydrogens is 248 g/mol. The minimum atomic E-state index is 0.174. The van der Waals surface area contributed by atoms with Crippen molar-refractivity contribution in [3.8, 4) is 0 Å². The van der Waals surface area contributed by atoms with Gasteiger partial charge < -0.3 is 5.32 Å². The molecule has 1 aromatic rings. The van der Waals surface area contributed by atoms with Crippen LogP contribution in [0.4, 0.5) is 0 Å². The molecule has 0 fully saturated rings. The average Bonchev–Trinajstić information content (AvgIpc) is 2.71. The zero-order chi connectivity index (χ0) is 12.7. The van der Waals surface area contributed by atoms with Gasteiger partial charge in [0.05, 0.1) is 5.69 Å². The fourth-order valence-electron chi connectivity index (χ4n) is 1.43. The second kappa shape index (κ2) is 7.39. The number of hydrogen-bond acceptors (Lipinski definition) is 4. The maximum Gasteiger partial charge on any atom is 0.107 e. The van der Waals surface area contributed by atoms with E-state index in [1.54, 1.807) is 11.3 Å². The van der Waals surface area contributed by atoms with Crippen molar-refractivity contribution < 1.29 is 0 Å². The number of unbranched alkanes of at least 4 members (excludes halogenated alkanes) is 1. The number of rotatable bonds is 7. The summed E-state index contributed by atoms with van der Waals surface area (Å²) in [6.07, 6.45) is 4.73. The van der Waals surface area contributed by atoms with Crippen LogP contribution in [0.5, 0.6) is 0 Å². The molecule has 0 aliphatic rings. The maximum absolute atomic E-state index is 4.67. The molecule has 0 radical (unpaired) electrons. The molecule has 0 aliphatic carbocycles. The van der Waals surface area contributed by atoms with E-state index >= 15 is 0 Å². The lowest BCUT2D eigenvalue weighted by molar-refractivity contribution is 0.567. The van der Waals surface area contributed by atoms with Crippen molar-refractivity contribution in [1.29, 1.82) is 0 Å². The molecule has 17 heavy (non-hydrogen) atoms. The van der Waals surface area contributed by atoms with Gasteiger partial charge in [-0.15, -0.1) is 11.3 Å². The molecular formula is C13H24N2S2. The van der Waals surface area contributed by atoms with E-state index < -0.39 is 0 Å². The summed E-state index contributed by atoms with van der Waals surface area (Å²) in [6.45, 7) is 8.65. The van der Waals surface area contributed by atoms with E-state index in [2.05, 4.69) is 42.7 Å². The number of aromatic nitrogens is 1. The Morgan fingerprint density at radius 3 is 2.71 bits per heavy atom. The molecule has 98 valence electrons. The van der Waals surface area contributed by atoms with Crippen LogP contribution in [0.15, 0.2) is 5.38 Å². The van der Waals surface area contributed by atoms with Crippen molar-refractivity contribution in [2.45, 2.75) is 45.6 Å². The Hall–Kier alpha value is -0.0600. The Labute approximate surface area is 114 Å². The van der Waals surface area contributed by atoms with Gasteiger partial charge >= 0.3 is 0 Å². The van der Waals surface area contributed by atoms with Crippen molar-refractivity contribution in [3.05, 3.63) is 16.1 Å². The van der Waals surface area contributed by atoms with E-state index in [1.807, 2.05) is 11.8 Å². The second-order valence-corrected chi connectivity index (χ2v) is 7.18. The summed E-state index contributed by atoms with van der Waals surface area (Å²) in [5.41, 5.74) is 1.38. The minimum Gasteiger partial charge on any atom is -0.310 e. The summed E-state index contributed by atoms with van der Waals surface area (Å²) in [4.78, 5) is 4.67. The minimum absolute atomic E-state index is 0.174. The van der Waals surface area contributed by atoms with Crippen molar-refractivity contribution in [2.24, 2.45) is 0 Å². The fraction of sp³-hybridized carbons (Fsp3) is 0.769. The molecule has 0 aliphatic heterocycles. The van der Waals surface area contributed by atoms with Gasteiger partial charge in [-0.25, -0.2) is 4.98 Å². The van der Waals surface area contributed by atoms with E-state index in [-0.39, 0.29) is 5.41 Å². The molecule has 0 atom stereocenters. The molecule has 0 bridgehead atoms. The van der Waals surface area contributed by atoms with Gasteiger partial charge in [0.15, 0.2) is 0 Å². The highest BCUT2D eigenvalue weighted by Gasteiger charge is 2.16. The lowest BCUT2D eigenvalue weighted by atomic mass is 9.93. The summed E-state index contributed by atoms with van der Waals surface area (Å²) >= 11 is 3.69. The highest BCUT2D eigenvalue weighted by Crippen LogP contribution is 2.23. The Balaban J connectivity index is 2.21. The van der Waals surface area contributed by atoms with Gasteiger partial charge in [-0.05, 0) is 31.4 Å². The summed E-state index contributed by atoms with van der Waals surface area (Å²) in [6, 6.07) is 0. The Bertz CT molecular complexity index is 315. The third kappa shape index (κ3) is 5.89. The highest BCUT2D eigenvalue weighted by atomic mass is 32.2. The van der Waals surface area contributed by atoms with E-state index in [9.17, 15) is 0 Å². The summed E-state index contributed by atoms with van der Waals surface area (Å²) in [5, 5.41) is 6.86. The van der Waals surface area contributed by atoms with Crippen LogP contribution < -0.4 is 5.32 Å². The standard InChI is InChI=1S/C13H24N2S2/c1-13(2,3)11-10-17-12(15-11)9-14-7-5-6-8-16-4/h10,14H,5-9H2,1-4H3. The smallest absolute Gasteiger partial charge is 0.107 e. The molecule has 1 rings (SSSR count). The fourth-order valence-corrected chi connectivity index (χ4v) is 2.91. The summed E-state index contributed by atoms with van der Waals surface area (Å²) in [5.74, 6) is 1.27. The first kappa shape index (κ1) is 15.0. The number of nitrogens with one attached hydrogen (secondary N) is 1. The van der Waals surface area contributed by atoms with Gasteiger partial charge in [-0.3, -0.25) is 0 Å². The van der Waals surface area contributed by atoms with Crippen LogP contribution in [0.1, 0.15) is 44.3 Å². The number of hydrogen-bond donors (Lipinski definition) is 1. The quantitative estimate of drug-likeness (QED) is 0.767. The van der Waals surface area contributed by atoms with Gasteiger partial charge in [0.1, 0.15) is 5.01 Å². The molecule has 1 heterocycles. The van der Waals surface area contributed by atoms with Crippen LogP contribution in [-0.2, 0) is 12.0 Å². The number of nitrogens with zero attached hydrogens (tertiary/aromatic N) is 1. The third-order valence-electron chi connectivity index (χ3n) is 2.55. The largest absolute Gasteiger partial charge is 0.310 e. The highest BCUT2D eigenvalue weighted by molar-refractivity contribution is 7.98. The Morgan fingerprint density at radius 1 is 1.35 bits per heavy atom. The number of thioether (sulfide) groups is 1. The van der Waals surface area contributed by atoms with Gasteiger partial charge in [0.25, 0.3) is 0 Å². The molecule has 0 saturated heterocycles. The zero-order valence-electron chi connectivity index (χ0n) is 11.4. The van der Waals surface area contributed by atoms with Gasteiger partial charge in [-0.1, -0.05) is 20.8 Å². The molecule has 1 N–H and O–H groups in total. The molecule has 2 nitrogen and oxygen atoms in total. The number of thiazole rings is 1. The van der Waals surface area contributed by atoms with E-state index in [0.717, 1.165) is 13.1 Å². The van der Waals surface area contributed by atoms with Crippen molar-refractivity contribution in [2.75, 3.05) is 18.6 Å². The van der Waals surface area contributed by atoms with E-state index in [1.165, 1.54) is 29.3 Å². The van der Waals surface area contributed by atoms with Crippen LogP contribution in [0, 0.1) is 0 Å². The zero-order valence-corrected chi connectivity index (χ0v) is 13.0. The molecule has 1 aromatic heterocycles. The van der Waals surface area contributed by atoms with Crippen molar-refractivity contribution in [1.82, 2.24) is 10.3 Å². The van der Waals surface area contributed by atoms with Crippen LogP contribution in [0.25, 0.3) is 0 Å². The first-order valence-electron chi connectivity index (χ1n) is 6.18. The maximum atomic E-state index is 4.67. The first-order valence-corrected chi connectivity index (χ1v) is 8.46. The SMILES string of the molecule is CSCCCCNCc1nc(C(C)(C)C)cs1. The molecule has 0 saturated carbocycles. The molecule has 0 unspecified atom stereocenters. The lowest BCUT2D eigenvalue weighted by Gasteiger charge is -2.14. The summed E-state index contributed by atoms with van der Waals surface area (Å²) in [7, 11) is 0. The van der Waals surface area contributed by atoms with Gasteiger partial charge in [0, 0.05) is 17.3 Å². The Morgan fingerprint density at radius 2 is 2.12 bits per heavy atom. The second-order valence-electron chi connectivity index (χ2n) is 5.25. The molecule has 0 spiro atoms. The van der Waals surface area contributed by atoms with Crippen molar-refractivity contribution in [3.63, 3.8) is 0 Å². The molecule has 4 heteroatoms. The predicted molar refractivity (Wildman–Crippen MR) is 80.1 cm³/mol. The molecule has 0 aromatic carbocycles. The van der Waals surface area contributed by atoms with Crippen LogP contribution in [-0.4, -0.2) is 23.5 Å². The van der Waals surface area contributed by atoms with Crippen LogP contribution in [0.3, 0.4) is 0 Å². The average molecular weight is 272 g/mol. The van der Waals surface area contributed by atoms with E-state index in [0.29, 0.717) is 0 Å². The van der Waals surface area contributed by atoms with Crippen molar-refractivity contribution >= 4 is 23.1 Å². The predicted octanol–water partition coefficient (Wildman–Crippen LogP) is 3.67.